The van der Waals surface area contributed by atoms with Crippen molar-refractivity contribution in [2.75, 3.05) is 26.8 Å². The van der Waals surface area contributed by atoms with Gasteiger partial charge in [-0.05, 0) is 41.8 Å². The molecule has 1 aromatic heterocycles. The number of ether oxygens (including phenoxy) is 1. The fourth-order valence-electron chi connectivity index (χ4n) is 4.20. The summed E-state index contributed by atoms with van der Waals surface area (Å²) in [4.78, 5) is 51.7. The van der Waals surface area contributed by atoms with Gasteiger partial charge in [-0.25, -0.2) is 9.36 Å². The van der Waals surface area contributed by atoms with Crippen molar-refractivity contribution >= 4 is 22.7 Å². The number of carbonyl (C=O) groups excluding carboxylic acids is 2. The van der Waals surface area contributed by atoms with E-state index in [1.54, 1.807) is 55.6 Å². The maximum Gasteiger partial charge on any atom is 0.336 e. The van der Waals surface area contributed by atoms with Gasteiger partial charge in [-0.15, -0.1) is 0 Å². The first-order valence-corrected chi connectivity index (χ1v) is 12.4. The average molecular weight is 515 g/mol. The Morgan fingerprint density at radius 3 is 2.21 bits per heavy atom. The predicted molar refractivity (Wildman–Crippen MR) is 146 cm³/mol. The predicted octanol–water partition coefficient (Wildman–Crippen LogP) is 1.82. The fourth-order valence-corrected chi connectivity index (χ4v) is 4.20. The number of benzene rings is 3. The van der Waals surface area contributed by atoms with Crippen LogP contribution in [0.1, 0.15) is 11.1 Å². The summed E-state index contributed by atoms with van der Waals surface area (Å²) in [5.74, 6) is -0.480. The number of fused-ring (bicyclic) bond motifs is 1. The topological polar surface area (TPSA) is 111 Å². The average Bonchev–Trinajstić information content (AvgIpc) is 2.93. The van der Waals surface area contributed by atoms with Gasteiger partial charge in [0.05, 0.1) is 29.6 Å². The molecule has 0 bridgehead atoms. The molecule has 38 heavy (non-hydrogen) atoms. The number of rotatable bonds is 11. The van der Waals surface area contributed by atoms with Crippen molar-refractivity contribution < 1.29 is 14.3 Å². The molecule has 0 aliphatic rings. The molecular weight excluding hydrogens is 484 g/mol. The van der Waals surface area contributed by atoms with Crippen molar-refractivity contribution in [3.05, 3.63) is 111 Å². The zero-order valence-corrected chi connectivity index (χ0v) is 21.2. The second-order valence-electron chi connectivity index (χ2n) is 8.80. The lowest BCUT2D eigenvalue weighted by molar-refractivity contribution is -0.122. The lowest BCUT2D eigenvalue weighted by Crippen LogP contribution is -2.42. The highest BCUT2D eigenvalue weighted by Crippen LogP contribution is 2.12. The minimum Gasteiger partial charge on any atom is -0.383 e. The van der Waals surface area contributed by atoms with Crippen molar-refractivity contribution in [1.82, 2.24) is 19.8 Å². The standard InChI is InChI=1S/C29H30N4O5/c1-38-18-17-31-26(34)19-22-11-13-23(14-12-22)33-28(36)24-9-5-6-10-25(24)32(29(33)37)20-27(35)30-16-15-21-7-3-2-4-8-21/h2-14H,15-20H2,1H3,(H,30,35)(H,31,34). The third-order valence-electron chi connectivity index (χ3n) is 6.12. The highest BCUT2D eigenvalue weighted by atomic mass is 16.5. The van der Waals surface area contributed by atoms with Crippen molar-refractivity contribution in [2.45, 2.75) is 19.4 Å². The molecule has 0 aliphatic heterocycles. The van der Waals surface area contributed by atoms with E-state index in [9.17, 15) is 19.2 Å². The van der Waals surface area contributed by atoms with E-state index in [1.807, 2.05) is 30.3 Å². The third kappa shape index (κ3) is 6.43. The van der Waals surface area contributed by atoms with Gasteiger partial charge in [-0.3, -0.25) is 19.0 Å². The lowest BCUT2D eigenvalue weighted by Gasteiger charge is -2.14. The molecule has 196 valence electrons. The minimum absolute atomic E-state index is 0.154. The molecule has 9 nitrogen and oxygen atoms in total. The minimum atomic E-state index is -0.614. The Labute approximate surface area is 219 Å². The van der Waals surface area contributed by atoms with Gasteiger partial charge in [0.1, 0.15) is 6.54 Å². The van der Waals surface area contributed by atoms with Crippen LogP contribution in [0.15, 0.2) is 88.5 Å². The zero-order chi connectivity index (χ0) is 26.9. The Hall–Kier alpha value is -4.50. The first kappa shape index (κ1) is 26.6. The molecule has 0 unspecified atom stereocenters. The van der Waals surface area contributed by atoms with Crippen molar-refractivity contribution in [1.29, 1.82) is 0 Å². The molecule has 0 spiro atoms. The largest absolute Gasteiger partial charge is 0.383 e. The lowest BCUT2D eigenvalue weighted by atomic mass is 10.1. The van der Waals surface area contributed by atoms with E-state index in [2.05, 4.69) is 10.6 Å². The van der Waals surface area contributed by atoms with Gasteiger partial charge in [0.15, 0.2) is 0 Å². The van der Waals surface area contributed by atoms with Crippen LogP contribution >= 0.6 is 0 Å². The van der Waals surface area contributed by atoms with Crippen LogP contribution in [0, 0.1) is 0 Å². The Morgan fingerprint density at radius 1 is 0.789 bits per heavy atom. The van der Waals surface area contributed by atoms with E-state index >= 15 is 0 Å². The molecule has 0 saturated carbocycles. The molecular formula is C29H30N4O5. The van der Waals surface area contributed by atoms with Gasteiger partial charge < -0.3 is 15.4 Å². The first-order chi connectivity index (χ1) is 18.5. The first-order valence-electron chi connectivity index (χ1n) is 12.4. The second-order valence-corrected chi connectivity index (χ2v) is 8.80. The van der Waals surface area contributed by atoms with E-state index in [1.165, 1.54) is 4.57 Å². The van der Waals surface area contributed by atoms with Crippen molar-refractivity contribution in [3.8, 4) is 5.69 Å². The molecule has 4 rings (SSSR count). The van der Waals surface area contributed by atoms with Gasteiger partial charge in [0, 0.05) is 20.2 Å². The van der Waals surface area contributed by atoms with Crippen LogP contribution in [-0.2, 0) is 33.7 Å². The number of amides is 2. The molecule has 0 saturated heterocycles. The van der Waals surface area contributed by atoms with Gasteiger partial charge in [-0.1, -0.05) is 54.6 Å². The Bertz CT molecular complexity index is 1530. The van der Waals surface area contributed by atoms with E-state index in [0.29, 0.717) is 42.7 Å². The summed E-state index contributed by atoms with van der Waals surface area (Å²) in [6, 6.07) is 23.2. The summed E-state index contributed by atoms with van der Waals surface area (Å²) in [5.41, 5.74) is 1.48. The van der Waals surface area contributed by atoms with E-state index in [4.69, 9.17) is 4.74 Å². The fraction of sp³-hybridized carbons (Fsp3) is 0.241. The molecule has 4 aromatic rings. The molecule has 2 N–H and O–H groups in total. The highest BCUT2D eigenvalue weighted by molar-refractivity contribution is 5.82. The number of hydrogen-bond donors (Lipinski definition) is 2. The molecule has 0 radical (unpaired) electrons. The summed E-state index contributed by atoms with van der Waals surface area (Å²) in [7, 11) is 1.56. The maximum atomic E-state index is 13.5. The Kier molecular flexibility index (Phi) is 8.84. The van der Waals surface area contributed by atoms with E-state index in [0.717, 1.165) is 15.7 Å². The van der Waals surface area contributed by atoms with Crippen LogP contribution in [0.2, 0.25) is 0 Å². The quantitative estimate of drug-likeness (QED) is 0.297. The molecule has 9 heteroatoms. The third-order valence-corrected chi connectivity index (χ3v) is 6.12. The van der Waals surface area contributed by atoms with Gasteiger partial charge in [-0.2, -0.15) is 0 Å². The Balaban J connectivity index is 1.57. The van der Waals surface area contributed by atoms with Gasteiger partial charge in [0.2, 0.25) is 11.8 Å². The molecule has 3 aromatic carbocycles. The number of nitrogens with zero attached hydrogens (tertiary/aromatic N) is 2. The molecule has 0 atom stereocenters. The van der Waals surface area contributed by atoms with Crippen molar-refractivity contribution in [2.24, 2.45) is 0 Å². The summed E-state index contributed by atoms with van der Waals surface area (Å²) >= 11 is 0. The number of para-hydroxylation sites is 1. The summed E-state index contributed by atoms with van der Waals surface area (Å²) in [6.45, 7) is 1.04. The summed E-state index contributed by atoms with van der Waals surface area (Å²) in [5, 5.41) is 5.94. The number of methoxy groups -OCH3 is 1. The summed E-state index contributed by atoms with van der Waals surface area (Å²) < 4.78 is 7.30. The van der Waals surface area contributed by atoms with Gasteiger partial charge >= 0.3 is 5.69 Å². The van der Waals surface area contributed by atoms with Crippen LogP contribution in [0.5, 0.6) is 0 Å². The normalized spacial score (nSPS) is 10.9. The molecule has 0 fully saturated rings. The summed E-state index contributed by atoms with van der Waals surface area (Å²) in [6.07, 6.45) is 0.822. The molecule has 1 heterocycles. The number of nitrogens with one attached hydrogen (secondary N) is 2. The number of carbonyl (C=O) groups is 2. The van der Waals surface area contributed by atoms with Crippen LogP contribution in [0.3, 0.4) is 0 Å². The smallest absolute Gasteiger partial charge is 0.336 e. The highest BCUT2D eigenvalue weighted by Gasteiger charge is 2.16. The van der Waals surface area contributed by atoms with Crippen LogP contribution in [0.4, 0.5) is 0 Å². The second kappa shape index (κ2) is 12.6. The molecule has 0 aliphatic carbocycles. The van der Waals surface area contributed by atoms with Crippen LogP contribution in [0.25, 0.3) is 16.6 Å². The SMILES string of the molecule is COCCNC(=O)Cc1ccc(-n2c(=O)c3ccccc3n(CC(=O)NCCc3ccccc3)c2=O)cc1. The van der Waals surface area contributed by atoms with Gasteiger partial charge in [0.25, 0.3) is 5.56 Å². The van der Waals surface area contributed by atoms with Crippen LogP contribution in [-0.4, -0.2) is 47.8 Å². The van der Waals surface area contributed by atoms with Crippen LogP contribution < -0.4 is 21.9 Å². The van der Waals surface area contributed by atoms with E-state index < -0.39 is 11.2 Å². The molecule has 2 amide bonds. The number of hydrogen-bond acceptors (Lipinski definition) is 5. The Morgan fingerprint density at radius 2 is 1.47 bits per heavy atom. The number of aromatic nitrogens is 2. The zero-order valence-electron chi connectivity index (χ0n) is 21.2. The van der Waals surface area contributed by atoms with E-state index in [-0.39, 0.29) is 24.8 Å². The monoisotopic (exact) mass is 514 g/mol. The van der Waals surface area contributed by atoms with Crippen molar-refractivity contribution in [3.63, 3.8) is 0 Å². The maximum absolute atomic E-state index is 13.5.